The predicted octanol–water partition coefficient (Wildman–Crippen LogP) is 4.23. The molecular formula is C20H29NO. The molecule has 2 bridgehead atoms. The molecule has 1 aromatic carbocycles. The van der Waals surface area contributed by atoms with E-state index >= 15 is 0 Å². The Balaban J connectivity index is 1.94. The first-order valence-corrected chi connectivity index (χ1v) is 8.59. The summed E-state index contributed by atoms with van der Waals surface area (Å²) >= 11 is 0. The Kier molecular flexibility index (Phi) is 4.31. The van der Waals surface area contributed by atoms with Crippen LogP contribution in [0.3, 0.4) is 0 Å². The number of benzene rings is 1. The molecule has 120 valence electrons. The quantitative estimate of drug-likeness (QED) is 0.840. The second kappa shape index (κ2) is 6.08. The fourth-order valence-electron chi connectivity index (χ4n) is 4.55. The van der Waals surface area contributed by atoms with Gasteiger partial charge in [-0.2, -0.15) is 0 Å². The van der Waals surface area contributed by atoms with E-state index in [0.29, 0.717) is 6.04 Å². The lowest BCUT2D eigenvalue weighted by Gasteiger charge is -2.51. The van der Waals surface area contributed by atoms with Crippen LogP contribution in [-0.2, 0) is 11.8 Å². The van der Waals surface area contributed by atoms with Crippen molar-refractivity contribution in [2.24, 2.45) is 5.92 Å². The highest BCUT2D eigenvalue weighted by Gasteiger charge is 2.47. The standard InChI is InChI=1S/C20H29NO/c1-14(2)9-11-21-19-16-6-5-10-20(19,3)18-13-17(22-4)8-7-15(18)12-16/h7-9,13,16,19,21H,5-6,10-12H2,1-4H3/t16?,19?,20-/m1/s1. The summed E-state index contributed by atoms with van der Waals surface area (Å²) in [6.07, 6.45) is 7.49. The Labute approximate surface area is 135 Å². The minimum absolute atomic E-state index is 0.237. The fourth-order valence-corrected chi connectivity index (χ4v) is 4.55. The maximum Gasteiger partial charge on any atom is 0.119 e. The Morgan fingerprint density at radius 2 is 2.23 bits per heavy atom. The van der Waals surface area contributed by atoms with Crippen LogP contribution in [0, 0.1) is 5.92 Å². The van der Waals surface area contributed by atoms with Crippen molar-refractivity contribution in [1.29, 1.82) is 0 Å². The van der Waals surface area contributed by atoms with Gasteiger partial charge in [-0.3, -0.25) is 0 Å². The van der Waals surface area contributed by atoms with Gasteiger partial charge in [0, 0.05) is 18.0 Å². The molecule has 0 aromatic heterocycles. The van der Waals surface area contributed by atoms with Crippen molar-refractivity contribution in [3.05, 3.63) is 41.0 Å². The van der Waals surface area contributed by atoms with Gasteiger partial charge in [-0.15, -0.1) is 0 Å². The van der Waals surface area contributed by atoms with Gasteiger partial charge < -0.3 is 10.1 Å². The van der Waals surface area contributed by atoms with Gasteiger partial charge in [0.2, 0.25) is 0 Å². The van der Waals surface area contributed by atoms with Gasteiger partial charge in [0.15, 0.2) is 0 Å². The number of ether oxygens (including phenoxy) is 1. The minimum atomic E-state index is 0.237. The third-order valence-corrected chi connectivity index (χ3v) is 5.69. The lowest BCUT2D eigenvalue weighted by molar-refractivity contribution is 0.144. The maximum absolute atomic E-state index is 5.48. The lowest BCUT2D eigenvalue weighted by Crippen LogP contribution is -2.57. The van der Waals surface area contributed by atoms with Crippen LogP contribution in [0.1, 0.15) is 51.2 Å². The van der Waals surface area contributed by atoms with Crippen LogP contribution >= 0.6 is 0 Å². The number of nitrogens with one attached hydrogen (secondary N) is 1. The molecule has 0 spiro atoms. The highest BCUT2D eigenvalue weighted by atomic mass is 16.5. The van der Waals surface area contributed by atoms with E-state index in [1.807, 2.05) is 0 Å². The van der Waals surface area contributed by atoms with Crippen molar-refractivity contribution >= 4 is 0 Å². The van der Waals surface area contributed by atoms with Crippen molar-refractivity contribution in [3.63, 3.8) is 0 Å². The molecule has 0 aliphatic heterocycles. The van der Waals surface area contributed by atoms with Crippen molar-refractivity contribution in [2.45, 2.75) is 57.9 Å². The monoisotopic (exact) mass is 299 g/mol. The number of methoxy groups -OCH3 is 1. The van der Waals surface area contributed by atoms with Gasteiger partial charge in [-0.05, 0) is 62.3 Å². The molecule has 0 radical (unpaired) electrons. The van der Waals surface area contributed by atoms with Crippen LogP contribution < -0.4 is 10.1 Å². The molecular weight excluding hydrogens is 270 g/mol. The zero-order valence-electron chi connectivity index (χ0n) is 14.4. The van der Waals surface area contributed by atoms with Gasteiger partial charge in [0.25, 0.3) is 0 Å². The van der Waals surface area contributed by atoms with Gasteiger partial charge >= 0.3 is 0 Å². The second-order valence-electron chi connectivity index (χ2n) is 7.46. The maximum atomic E-state index is 5.48. The van der Waals surface area contributed by atoms with Crippen LogP contribution in [0.2, 0.25) is 0 Å². The van der Waals surface area contributed by atoms with Gasteiger partial charge in [-0.25, -0.2) is 0 Å². The average molecular weight is 299 g/mol. The van der Waals surface area contributed by atoms with Crippen LogP contribution in [0.25, 0.3) is 0 Å². The largest absolute Gasteiger partial charge is 0.497 e. The number of hydrogen-bond acceptors (Lipinski definition) is 2. The first-order valence-electron chi connectivity index (χ1n) is 8.59. The molecule has 1 saturated carbocycles. The van der Waals surface area contributed by atoms with E-state index in [1.54, 1.807) is 7.11 Å². The van der Waals surface area contributed by atoms with Crippen LogP contribution in [0.15, 0.2) is 29.8 Å². The summed E-state index contributed by atoms with van der Waals surface area (Å²) in [5.74, 6) is 1.76. The molecule has 3 atom stereocenters. The van der Waals surface area contributed by atoms with E-state index in [0.717, 1.165) is 18.2 Å². The SMILES string of the molecule is COc1ccc2c(c1)[C@@]1(C)CCCC(C2)C1NCC=C(C)C. The van der Waals surface area contributed by atoms with E-state index in [1.165, 1.54) is 42.4 Å². The second-order valence-corrected chi connectivity index (χ2v) is 7.46. The van der Waals surface area contributed by atoms with Crippen LogP contribution in [0.5, 0.6) is 5.75 Å². The molecule has 3 rings (SSSR count). The summed E-state index contributed by atoms with van der Waals surface area (Å²) in [7, 11) is 1.76. The normalized spacial score (nSPS) is 29.6. The Morgan fingerprint density at radius 1 is 1.41 bits per heavy atom. The molecule has 2 heteroatoms. The molecule has 2 aliphatic rings. The van der Waals surface area contributed by atoms with Crippen molar-refractivity contribution in [3.8, 4) is 5.75 Å². The van der Waals surface area contributed by atoms with E-state index in [-0.39, 0.29) is 5.41 Å². The van der Waals surface area contributed by atoms with Gasteiger partial charge in [0.05, 0.1) is 7.11 Å². The Bertz CT molecular complexity index is 573. The molecule has 2 unspecified atom stereocenters. The molecule has 2 aliphatic carbocycles. The van der Waals surface area contributed by atoms with Crippen LogP contribution in [-0.4, -0.2) is 19.7 Å². The number of allylic oxidation sites excluding steroid dienone is 1. The first kappa shape index (κ1) is 15.6. The van der Waals surface area contributed by atoms with Gasteiger partial charge in [0.1, 0.15) is 5.75 Å². The molecule has 2 nitrogen and oxygen atoms in total. The fraction of sp³-hybridized carbons (Fsp3) is 0.600. The van der Waals surface area contributed by atoms with Crippen molar-refractivity contribution in [1.82, 2.24) is 5.32 Å². The summed E-state index contributed by atoms with van der Waals surface area (Å²) in [5.41, 5.74) is 4.67. The number of fused-ring (bicyclic) bond motifs is 4. The Morgan fingerprint density at radius 3 is 2.95 bits per heavy atom. The minimum Gasteiger partial charge on any atom is -0.497 e. The molecule has 22 heavy (non-hydrogen) atoms. The van der Waals surface area contributed by atoms with Crippen LogP contribution in [0.4, 0.5) is 0 Å². The summed E-state index contributed by atoms with van der Waals surface area (Å²) < 4.78 is 5.48. The number of rotatable bonds is 4. The smallest absolute Gasteiger partial charge is 0.119 e. The van der Waals surface area contributed by atoms with Crippen molar-refractivity contribution in [2.75, 3.05) is 13.7 Å². The van der Waals surface area contributed by atoms with E-state index < -0.39 is 0 Å². The molecule has 0 heterocycles. The molecule has 0 saturated heterocycles. The summed E-state index contributed by atoms with van der Waals surface area (Å²) in [6, 6.07) is 7.27. The third kappa shape index (κ3) is 2.69. The predicted molar refractivity (Wildman–Crippen MR) is 92.6 cm³/mol. The van der Waals surface area contributed by atoms with E-state index in [2.05, 4.69) is 50.4 Å². The average Bonchev–Trinajstić information content (AvgIpc) is 2.48. The zero-order valence-corrected chi connectivity index (χ0v) is 14.4. The van der Waals surface area contributed by atoms with Gasteiger partial charge in [-0.1, -0.05) is 31.1 Å². The molecule has 1 N–H and O–H groups in total. The third-order valence-electron chi connectivity index (χ3n) is 5.69. The summed E-state index contributed by atoms with van der Waals surface area (Å²) in [4.78, 5) is 0. The lowest BCUT2D eigenvalue weighted by atomic mass is 9.57. The summed E-state index contributed by atoms with van der Waals surface area (Å²) in [6.45, 7) is 7.78. The van der Waals surface area contributed by atoms with E-state index in [9.17, 15) is 0 Å². The number of hydrogen-bond donors (Lipinski definition) is 1. The zero-order chi connectivity index (χ0) is 15.7. The molecule has 0 amide bonds. The first-order chi connectivity index (χ1) is 10.5. The highest BCUT2D eigenvalue weighted by Crippen LogP contribution is 2.49. The topological polar surface area (TPSA) is 21.3 Å². The van der Waals surface area contributed by atoms with E-state index in [4.69, 9.17) is 4.74 Å². The Hall–Kier alpha value is -1.28. The molecule has 1 aromatic rings. The highest BCUT2D eigenvalue weighted by molar-refractivity contribution is 5.45. The summed E-state index contributed by atoms with van der Waals surface area (Å²) in [5, 5.41) is 3.86. The molecule has 1 fully saturated rings. The van der Waals surface area contributed by atoms with Crippen molar-refractivity contribution < 1.29 is 4.74 Å².